The van der Waals surface area contributed by atoms with Crippen LogP contribution in [-0.4, -0.2) is 38.3 Å². The van der Waals surface area contributed by atoms with E-state index in [-0.39, 0.29) is 0 Å². The number of likely N-dealkylation sites (tertiary alicyclic amines) is 1. The van der Waals surface area contributed by atoms with Crippen molar-refractivity contribution in [2.24, 2.45) is 0 Å². The fourth-order valence-corrected chi connectivity index (χ4v) is 3.31. The maximum absolute atomic E-state index is 5.48. The van der Waals surface area contributed by atoms with Crippen molar-refractivity contribution in [1.82, 2.24) is 4.90 Å². The van der Waals surface area contributed by atoms with Crippen LogP contribution in [0.3, 0.4) is 0 Å². The number of nitrogens with one attached hydrogen (secondary N) is 1. The standard InChI is InChI=1S/C20H26N2O2/c1-23-19-11-9-17(10-12-19)21-18-7-5-13-22(15-18)14-16-6-3-4-8-20(16)24-2/h3-4,6,8-12,18,21H,5,7,13-15H2,1-2H3/t18-/m1/s1. The number of rotatable bonds is 6. The van der Waals surface area contributed by atoms with Gasteiger partial charge in [0.05, 0.1) is 14.2 Å². The molecule has 2 aromatic carbocycles. The lowest BCUT2D eigenvalue weighted by molar-refractivity contribution is 0.206. The van der Waals surface area contributed by atoms with Gasteiger partial charge in [0.15, 0.2) is 0 Å². The molecule has 1 atom stereocenters. The zero-order chi connectivity index (χ0) is 16.8. The first-order chi connectivity index (χ1) is 11.8. The van der Waals surface area contributed by atoms with Crippen LogP contribution in [0.25, 0.3) is 0 Å². The lowest BCUT2D eigenvalue weighted by Gasteiger charge is -2.34. The Morgan fingerprint density at radius 3 is 2.58 bits per heavy atom. The average Bonchev–Trinajstić information content (AvgIpc) is 2.63. The molecule has 0 aliphatic carbocycles. The van der Waals surface area contributed by atoms with Crippen molar-refractivity contribution in [3.05, 3.63) is 54.1 Å². The van der Waals surface area contributed by atoms with Crippen LogP contribution in [-0.2, 0) is 6.54 Å². The van der Waals surface area contributed by atoms with Gasteiger partial charge in [-0.25, -0.2) is 0 Å². The molecule has 0 bridgehead atoms. The predicted octanol–water partition coefficient (Wildman–Crippen LogP) is 3.78. The number of para-hydroxylation sites is 1. The molecule has 4 nitrogen and oxygen atoms in total. The Kier molecular flexibility index (Phi) is 5.59. The monoisotopic (exact) mass is 326 g/mol. The second-order valence-corrected chi connectivity index (χ2v) is 6.26. The second-order valence-electron chi connectivity index (χ2n) is 6.26. The van der Waals surface area contributed by atoms with Gasteiger partial charge in [-0.15, -0.1) is 0 Å². The summed E-state index contributed by atoms with van der Waals surface area (Å²) in [6, 6.07) is 16.9. The molecule has 0 radical (unpaired) electrons. The number of piperidine rings is 1. The molecule has 0 spiro atoms. The minimum Gasteiger partial charge on any atom is -0.497 e. The highest BCUT2D eigenvalue weighted by Crippen LogP contribution is 2.23. The largest absolute Gasteiger partial charge is 0.497 e. The van der Waals surface area contributed by atoms with E-state index in [1.165, 1.54) is 18.4 Å². The van der Waals surface area contributed by atoms with Gasteiger partial charge in [-0.2, -0.15) is 0 Å². The van der Waals surface area contributed by atoms with Gasteiger partial charge in [0, 0.05) is 30.4 Å². The second kappa shape index (κ2) is 8.06. The fourth-order valence-electron chi connectivity index (χ4n) is 3.31. The molecule has 0 aromatic heterocycles. The molecule has 1 aliphatic heterocycles. The van der Waals surface area contributed by atoms with Crippen molar-refractivity contribution in [2.75, 3.05) is 32.6 Å². The maximum atomic E-state index is 5.48. The molecule has 1 aliphatic rings. The van der Waals surface area contributed by atoms with E-state index in [0.717, 1.165) is 36.8 Å². The Balaban J connectivity index is 1.59. The number of ether oxygens (including phenoxy) is 2. The van der Waals surface area contributed by atoms with Gasteiger partial charge in [-0.05, 0) is 49.7 Å². The van der Waals surface area contributed by atoms with Gasteiger partial charge in [0.25, 0.3) is 0 Å². The van der Waals surface area contributed by atoms with Gasteiger partial charge in [0.1, 0.15) is 11.5 Å². The lowest BCUT2D eigenvalue weighted by atomic mass is 10.0. The summed E-state index contributed by atoms with van der Waals surface area (Å²) in [6.45, 7) is 3.12. The summed E-state index contributed by atoms with van der Waals surface area (Å²) in [6.07, 6.45) is 2.41. The first-order valence-corrected chi connectivity index (χ1v) is 8.53. The number of hydrogen-bond donors (Lipinski definition) is 1. The lowest BCUT2D eigenvalue weighted by Crippen LogP contribution is -2.41. The average molecular weight is 326 g/mol. The number of anilines is 1. The third-order valence-corrected chi connectivity index (χ3v) is 4.55. The molecule has 2 aromatic rings. The third kappa shape index (κ3) is 4.20. The quantitative estimate of drug-likeness (QED) is 0.876. The molecular formula is C20H26N2O2. The number of benzene rings is 2. The first kappa shape index (κ1) is 16.7. The van der Waals surface area contributed by atoms with Crippen molar-refractivity contribution in [3.8, 4) is 11.5 Å². The Labute approximate surface area is 144 Å². The van der Waals surface area contributed by atoms with Crippen molar-refractivity contribution < 1.29 is 9.47 Å². The van der Waals surface area contributed by atoms with Crippen molar-refractivity contribution >= 4 is 5.69 Å². The maximum Gasteiger partial charge on any atom is 0.123 e. The Morgan fingerprint density at radius 2 is 1.83 bits per heavy atom. The molecule has 24 heavy (non-hydrogen) atoms. The summed E-state index contributed by atoms with van der Waals surface area (Å²) in [5, 5.41) is 3.65. The Hall–Kier alpha value is -2.20. The molecule has 1 heterocycles. The Morgan fingerprint density at radius 1 is 1.04 bits per heavy atom. The Bertz CT molecular complexity index is 642. The van der Waals surface area contributed by atoms with Gasteiger partial charge in [-0.1, -0.05) is 18.2 Å². The van der Waals surface area contributed by atoms with Crippen molar-refractivity contribution in [2.45, 2.75) is 25.4 Å². The van der Waals surface area contributed by atoms with E-state index in [1.54, 1.807) is 14.2 Å². The highest BCUT2D eigenvalue weighted by Gasteiger charge is 2.20. The summed E-state index contributed by atoms with van der Waals surface area (Å²) >= 11 is 0. The number of nitrogens with zero attached hydrogens (tertiary/aromatic N) is 1. The van der Waals surface area contributed by atoms with Crippen LogP contribution < -0.4 is 14.8 Å². The van der Waals surface area contributed by atoms with Crippen LogP contribution in [0.15, 0.2) is 48.5 Å². The third-order valence-electron chi connectivity index (χ3n) is 4.55. The van der Waals surface area contributed by atoms with Crippen LogP contribution in [0.4, 0.5) is 5.69 Å². The van der Waals surface area contributed by atoms with E-state index in [4.69, 9.17) is 9.47 Å². The summed E-state index contributed by atoms with van der Waals surface area (Å²) in [5.74, 6) is 1.87. The summed E-state index contributed by atoms with van der Waals surface area (Å²) < 4.78 is 10.7. The highest BCUT2D eigenvalue weighted by molar-refractivity contribution is 5.47. The van der Waals surface area contributed by atoms with Gasteiger partial charge in [0.2, 0.25) is 0 Å². The molecule has 3 rings (SSSR count). The first-order valence-electron chi connectivity index (χ1n) is 8.53. The van der Waals surface area contributed by atoms with Crippen molar-refractivity contribution in [1.29, 1.82) is 0 Å². The van der Waals surface area contributed by atoms with Crippen molar-refractivity contribution in [3.63, 3.8) is 0 Å². The molecule has 1 saturated heterocycles. The van der Waals surface area contributed by atoms with E-state index in [0.29, 0.717) is 6.04 Å². The van der Waals surface area contributed by atoms with E-state index in [2.05, 4.69) is 34.5 Å². The van der Waals surface area contributed by atoms with Crippen LogP contribution in [0, 0.1) is 0 Å². The predicted molar refractivity (Wildman–Crippen MR) is 97.9 cm³/mol. The molecule has 128 valence electrons. The molecule has 0 amide bonds. The molecule has 0 saturated carbocycles. The zero-order valence-electron chi connectivity index (χ0n) is 14.5. The zero-order valence-corrected chi connectivity index (χ0v) is 14.5. The van der Waals surface area contributed by atoms with E-state index >= 15 is 0 Å². The smallest absolute Gasteiger partial charge is 0.123 e. The minimum atomic E-state index is 0.474. The fraction of sp³-hybridized carbons (Fsp3) is 0.400. The van der Waals surface area contributed by atoms with Gasteiger partial charge >= 0.3 is 0 Å². The molecule has 1 N–H and O–H groups in total. The summed E-state index contributed by atoms with van der Waals surface area (Å²) in [4.78, 5) is 2.50. The van der Waals surface area contributed by atoms with E-state index in [9.17, 15) is 0 Å². The van der Waals surface area contributed by atoms with Gasteiger partial charge < -0.3 is 14.8 Å². The van der Waals surface area contributed by atoms with E-state index < -0.39 is 0 Å². The highest BCUT2D eigenvalue weighted by atomic mass is 16.5. The molecule has 0 unspecified atom stereocenters. The minimum absolute atomic E-state index is 0.474. The number of hydrogen-bond acceptors (Lipinski definition) is 4. The summed E-state index contributed by atoms with van der Waals surface area (Å²) in [5.41, 5.74) is 2.41. The molecular weight excluding hydrogens is 300 g/mol. The van der Waals surface area contributed by atoms with Crippen LogP contribution in [0.5, 0.6) is 11.5 Å². The number of methoxy groups -OCH3 is 2. The normalized spacial score (nSPS) is 18.2. The SMILES string of the molecule is COc1ccc(N[C@@H]2CCCN(Cc3ccccc3OC)C2)cc1. The van der Waals surface area contributed by atoms with Crippen LogP contribution in [0.2, 0.25) is 0 Å². The molecule has 4 heteroatoms. The molecule has 1 fully saturated rings. The van der Waals surface area contributed by atoms with Crippen LogP contribution in [0.1, 0.15) is 18.4 Å². The van der Waals surface area contributed by atoms with E-state index in [1.807, 2.05) is 24.3 Å². The topological polar surface area (TPSA) is 33.7 Å². The summed E-state index contributed by atoms with van der Waals surface area (Å²) in [7, 11) is 3.43. The van der Waals surface area contributed by atoms with Gasteiger partial charge in [-0.3, -0.25) is 4.90 Å². The van der Waals surface area contributed by atoms with Crippen LogP contribution >= 0.6 is 0 Å².